The summed E-state index contributed by atoms with van der Waals surface area (Å²) in [6.07, 6.45) is 9.00. The van der Waals surface area contributed by atoms with Crippen LogP contribution in [0, 0.1) is 0 Å². The topological polar surface area (TPSA) is 38.3 Å². The number of hydrogen-bond acceptors (Lipinski definition) is 3. The highest BCUT2D eigenvalue weighted by Crippen LogP contribution is 2.21. The van der Waals surface area contributed by atoms with Crippen LogP contribution in [0.4, 0.5) is 0 Å². The first-order valence-electron chi connectivity index (χ1n) is 6.27. The minimum absolute atomic E-state index is 0.00120. The van der Waals surface area contributed by atoms with Gasteiger partial charge in [0.15, 0.2) is 0 Å². The number of carbonyl (C=O) groups excluding carboxylic acids is 1. The molecule has 0 amide bonds. The van der Waals surface area contributed by atoms with E-state index in [2.05, 4.69) is 5.32 Å². The third kappa shape index (κ3) is 3.49. The van der Waals surface area contributed by atoms with Gasteiger partial charge in [0.1, 0.15) is 6.10 Å². The number of nitrogens with one attached hydrogen (secondary N) is 1. The van der Waals surface area contributed by atoms with Crippen molar-refractivity contribution in [2.24, 2.45) is 0 Å². The van der Waals surface area contributed by atoms with E-state index in [1.54, 1.807) is 0 Å². The molecule has 3 nitrogen and oxygen atoms in total. The molecular formula is C12H21NO2. The molecule has 2 rings (SSSR count). The largest absolute Gasteiger partial charge is 0.462 e. The Labute approximate surface area is 91.6 Å². The summed E-state index contributed by atoms with van der Waals surface area (Å²) >= 11 is 0. The summed E-state index contributed by atoms with van der Waals surface area (Å²) in [5.74, 6) is 0.00120. The first kappa shape index (κ1) is 10.9. The van der Waals surface area contributed by atoms with E-state index in [1.807, 2.05) is 0 Å². The van der Waals surface area contributed by atoms with Gasteiger partial charge in [-0.25, -0.2) is 0 Å². The van der Waals surface area contributed by atoms with E-state index in [0.29, 0.717) is 12.5 Å². The lowest BCUT2D eigenvalue weighted by atomic mass is 9.98. The standard InChI is InChI=1S/C12H21NO2/c14-12(9-10-5-4-8-13-10)15-11-6-2-1-3-7-11/h10-11,13H,1-9H2. The monoisotopic (exact) mass is 211 g/mol. The molecule has 0 aromatic heterocycles. The molecule has 1 N–H and O–H groups in total. The lowest BCUT2D eigenvalue weighted by Gasteiger charge is -2.22. The zero-order chi connectivity index (χ0) is 10.5. The van der Waals surface area contributed by atoms with Crippen molar-refractivity contribution in [3.63, 3.8) is 0 Å². The summed E-state index contributed by atoms with van der Waals surface area (Å²) in [4.78, 5) is 11.6. The van der Waals surface area contributed by atoms with Gasteiger partial charge in [-0.05, 0) is 45.1 Å². The van der Waals surface area contributed by atoms with Crippen molar-refractivity contribution in [2.75, 3.05) is 6.54 Å². The maximum atomic E-state index is 11.6. The second kappa shape index (κ2) is 5.50. The van der Waals surface area contributed by atoms with Crippen LogP contribution in [0.1, 0.15) is 51.4 Å². The van der Waals surface area contributed by atoms with Crippen molar-refractivity contribution in [2.45, 2.75) is 63.5 Å². The Kier molecular flexibility index (Phi) is 4.01. The van der Waals surface area contributed by atoms with Crippen LogP contribution in [0.2, 0.25) is 0 Å². The fourth-order valence-corrected chi connectivity index (χ4v) is 2.55. The quantitative estimate of drug-likeness (QED) is 0.726. The number of hydrogen-bond donors (Lipinski definition) is 1. The molecule has 0 bridgehead atoms. The van der Waals surface area contributed by atoms with E-state index in [4.69, 9.17) is 4.74 Å². The molecule has 86 valence electrons. The Morgan fingerprint density at radius 3 is 2.60 bits per heavy atom. The highest BCUT2D eigenvalue weighted by Gasteiger charge is 2.22. The second-order valence-electron chi connectivity index (χ2n) is 4.75. The lowest BCUT2D eigenvalue weighted by Crippen LogP contribution is -2.28. The molecule has 1 heterocycles. The maximum absolute atomic E-state index is 11.6. The molecule has 1 saturated carbocycles. The molecule has 0 spiro atoms. The minimum Gasteiger partial charge on any atom is -0.462 e. The van der Waals surface area contributed by atoms with Crippen molar-refractivity contribution in [3.05, 3.63) is 0 Å². The molecule has 0 aromatic rings. The van der Waals surface area contributed by atoms with Gasteiger partial charge in [-0.1, -0.05) is 6.42 Å². The lowest BCUT2D eigenvalue weighted by molar-refractivity contribution is -0.151. The van der Waals surface area contributed by atoms with Gasteiger partial charge in [-0.15, -0.1) is 0 Å². The fourth-order valence-electron chi connectivity index (χ4n) is 2.55. The molecule has 3 heteroatoms. The number of rotatable bonds is 3. The van der Waals surface area contributed by atoms with E-state index in [9.17, 15) is 4.79 Å². The molecule has 2 fully saturated rings. The van der Waals surface area contributed by atoms with Crippen LogP contribution in [0.3, 0.4) is 0 Å². The van der Waals surface area contributed by atoms with Gasteiger partial charge in [0.05, 0.1) is 6.42 Å². The summed E-state index contributed by atoms with van der Waals surface area (Å²) in [6, 6.07) is 0.376. The summed E-state index contributed by atoms with van der Waals surface area (Å²) in [7, 11) is 0. The van der Waals surface area contributed by atoms with E-state index in [1.165, 1.54) is 25.7 Å². The minimum atomic E-state index is 0.00120. The predicted molar refractivity (Wildman–Crippen MR) is 58.6 cm³/mol. The fraction of sp³-hybridized carbons (Fsp3) is 0.917. The molecule has 0 aromatic carbocycles. The molecule has 1 aliphatic heterocycles. The third-order valence-corrected chi connectivity index (χ3v) is 3.43. The van der Waals surface area contributed by atoms with Crippen LogP contribution in [0.15, 0.2) is 0 Å². The predicted octanol–water partition coefficient (Wildman–Crippen LogP) is 2.00. The summed E-state index contributed by atoms with van der Waals surface area (Å²) in [6.45, 7) is 1.06. The van der Waals surface area contributed by atoms with Crippen LogP contribution < -0.4 is 5.32 Å². The zero-order valence-corrected chi connectivity index (χ0v) is 9.34. The van der Waals surface area contributed by atoms with Gasteiger partial charge < -0.3 is 10.1 Å². The van der Waals surface area contributed by atoms with Crippen LogP contribution in [0.5, 0.6) is 0 Å². The summed E-state index contributed by atoms with van der Waals surface area (Å²) < 4.78 is 5.47. The van der Waals surface area contributed by atoms with Crippen molar-refractivity contribution in [3.8, 4) is 0 Å². The van der Waals surface area contributed by atoms with Crippen molar-refractivity contribution in [1.29, 1.82) is 0 Å². The molecule has 2 aliphatic rings. The van der Waals surface area contributed by atoms with E-state index >= 15 is 0 Å². The van der Waals surface area contributed by atoms with Gasteiger partial charge in [0, 0.05) is 6.04 Å². The first-order valence-corrected chi connectivity index (χ1v) is 6.27. The zero-order valence-electron chi connectivity index (χ0n) is 9.34. The van der Waals surface area contributed by atoms with Crippen LogP contribution in [0.25, 0.3) is 0 Å². The van der Waals surface area contributed by atoms with Gasteiger partial charge >= 0.3 is 5.97 Å². The highest BCUT2D eigenvalue weighted by atomic mass is 16.5. The average Bonchev–Trinajstić information content (AvgIpc) is 2.71. The van der Waals surface area contributed by atoms with Gasteiger partial charge in [-0.2, -0.15) is 0 Å². The smallest absolute Gasteiger partial charge is 0.307 e. The number of ether oxygens (including phenoxy) is 1. The highest BCUT2D eigenvalue weighted by molar-refractivity contribution is 5.70. The second-order valence-corrected chi connectivity index (χ2v) is 4.75. The Balaban J connectivity index is 1.66. The third-order valence-electron chi connectivity index (χ3n) is 3.43. The van der Waals surface area contributed by atoms with Crippen LogP contribution in [-0.4, -0.2) is 24.7 Å². The molecule has 1 aliphatic carbocycles. The Bertz CT molecular complexity index is 206. The molecule has 1 unspecified atom stereocenters. The van der Waals surface area contributed by atoms with E-state index in [-0.39, 0.29) is 12.1 Å². The maximum Gasteiger partial charge on any atom is 0.307 e. The molecule has 1 saturated heterocycles. The Hall–Kier alpha value is -0.570. The molecule has 0 radical (unpaired) electrons. The SMILES string of the molecule is O=C(CC1CCCN1)OC1CCCCC1. The Morgan fingerprint density at radius 2 is 1.93 bits per heavy atom. The van der Waals surface area contributed by atoms with Crippen molar-refractivity contribution >= 4 is 5.97 Å². The van der Waals surface area contributed by atoms with Gasteiger partial charge in [0.25, 0.3) is 0 Å². The van der Waals surface area contributed by atoms with Gasteiger partial charge in [0.2, 0.25) is 0 Å². The molecule has 15 heavy (non-hydrogen) atoms. The number of carbonyl (C=O) groups is 1. The van der Waals surface area contributed by atoms with Crippen LogP contribution in [-0.2, 0) is 9.53 Å². The van der Waals surface area contributed by atoms with E-state index < -0.39 is 0 Å². The molecule has 1 atom stereocenters. The Morgan fingerprint density at radius 1 is 1.13 bits per heavy atom. The summed E-state index contributed by atoms with van der Waals surface area (Å²) in [5, 5.41) is 3.32. The summed E-state index contributed by atoms with van der Waals surface area (Å²) in [5.41, 5.74) is 0. The normalized spacial score (nSPS) is 27.9. The van der Waals surface area contributed by atoms with Gasteiger partial charge in [-0.3, -0.25) is 4.79 Å². The number of esters is 1. The molecular weight excluding hydrogens is 190 g/mol. The average molecular weight is 211 g/mol. The van der Waals surface area contributed by atoms with Crippen LogP contribution >= 0.6 is 0 Å². The van der Waals surface area contributed by atoms with Crippen molar-refractivity contribution in [1.82, 2.24) is 5.32 Å². The first-order chi connectivity index (χ1) is 7.34. The van der Waals surface area contributed by atoms with Crippen molar-refractivity contribution < 1.29 is 9.53 Å². The van der Waals surface area contributed by atoms with E-state index in [0.717, 1.165) is 25.8 Å².